The van der Waals surface area contributed by atoms with E-state index in [9.17, 15) is 4.79 Å². The molecule has 0 heterocycles. The fraction of sp³-hybridized carbons (Fsp3) is 0.980. The van der Waals surface area contributed by atoms with Crippen LogP contribution in [-0.4, -0.2) is 333 Å². The molecule has 0 aliphatic carbocycles. The third kappa shape index (κ3) is 70.3. The molecule has 0 bridgehead atoms. The van der Waals surface area contributed by atoms with Gasteiger partial charge < -0.3 is 124 Å². The molecule has 0 unspecified atom stereocenters. The van der Waals surface area contributed by atoms with Crippen molar-refractivity contribution in [1.82, 2.24) is 0 Å². The van der Waals surface area contributed by atoms with Crippen LogP contribution in [0.2, 0.25) is 0 Å². The van der Waals surface area contributed by atoms with Crippen molar-refractivity contribution in [3.05, 3.63) is 0 Å². The van der Waals surface area contributed by atoms with Crippen LogP contribution in [0.4, 0.5) is 4.79 Å². The zero-order valence-electron chi connectivity index (χ0n) is 45.5. The van der Waals surface area contributed by atoms with Crippen LogP contribution < -0.4 is 0 Å². The Morgan fingerprint density at radius 2 is 0.250 bits per heavy atom. The van der Waals surface area contributed by atoms with Crippen LogP contribution in [0, 0.1) is 0 Å². The second-order valence-electron chi connectivity index (χ2n) is 14.9. The molecule has 0 atom stereocenters. The van der Waals surface area contributed by atoms with E-state index in [2.05, 4.69) is 0 Å². The van der Waals surface area contributed by atoms with Crippen LogP contribution in [0.5, 0.6) is 0 Å². The summed E-state index contributed by atoms with van der Waals surface area (Å²) in [6.07, 6.45) is -0.792. The van der Waals surface area contributed by atoms with Gasteiger partial charge in [-0.3, -0.25) is 0 Å². The first-order valence-electron chi connectivity index (χ1n) is 26.5. The Labute approximate surface area is 451 Å². The van der Waals surface area contributed by atoms with Gasteiger partial charge in [0, 0.05) is 0 Å². The monoisotopic (exact) mass is 1120 g/mol. The molecule has 27 nitrogen and oxygen atoms in total. The Hall–Kier alpha value is -1.69. The van der Waals surface area contributed by atoms with Crippen LogP contribution in [-0.2, 0) is 114 Å². The first-order chi connectivity index (χ1) is 37.8. The quantitative estimate of drug-likeness (QED) is 0.0573. The number of rotatable bonds is 70. The number of hydrogen-bond donors (Lipinski definition) is 2. The molecule has 0 fully saturated rings. The van der Waals surface area contributed by atoms with Gasteiger partial charge in [-0.15, -0.1) is 0 Å². The highest BCUT2D eigenvalue weighted by atomic mass is 16.7. The maximum Gasteiger partial charge on any atom is 0.508 e. The van der Waals surface area contributed by atoms with E-state index in [1.807, 2.05) is 0 Å². The van der Waals surface area contributed by atoms with E-state index in [4.69, 9.17) is 124 Å². The lowest BCUT2D eigenvalue weighted by molar-refractivity contribution is -0.0298. The standard InChI is InChI=1S/C49H98O27/c50-1-3-53-5-7-55-9-11-57-13-15-59-17-19-61-21-23-63-25-27-65-29-31-67-33-35-69-37-39-71-41-43-73-45-47-75-49(52)76-48-46-74-44-42-72-40-38-70-36-34-68-32-30-66-28-26-64-24-22-62-20-18-60-16-14-58-12-10-56-8-6-54-4-2-51/h50-51H,1-48H2. The average Bonchev–Trinajstić information content (AvgIpc) is 3.43. The number of aliphatic hydroxyl groups is 2. The molecule has 0 aliphatic rings. The van der Waals surface area contributed by atoms with Gasteiger partial charge in [0.25, 0.3) is 0 Å². The van der Waals surface area contributed by atoms with Gasteiger partial charge in [-0.1, -0.05) is 0 Å². The predicted octanol–water partition coefficient (Wildman–Crippen LogP) is -0.511. The first kappa shape index (κ1) is 74.3. The van der Waals surface area contributed by atoms with E-state index in [-0.39, 0.29) is 39.6 Å². The molecule has 0 amide bonds. The SMILES string of the molecule is O=C(OCCOCCOCCOCCOCCOCCOCCOCCOCCOCCOCCOCCO)OCCOCCOCCOCCOCCOCCOCCOCCOCCOCCOCCOCCO. The summed E-state index contributed by atoms with van der Waals surface area (Å²) in [7, 11) is 0. The van der Waals surface area contributed by atoms with Crippen molar-refractivity contribution in [1.29, 1.82) is 0 Å². The van der Waals surface area contributed by atoms with Gasteiger partial charge in [0.05, 0.1) is 304 Å². The molecule has 0 spiro atoms. The summed E-state index contributed by atoms with van der Waals surface area (Å²) in [5, 5.41) is 17.2. The summed E-state index contributed by atoms with van der Waals surface area (Å²) in [4.78, 5) is 11.7. The highest BCUT2D eigenvalue weighted by Crippen LogP contribution is 1.92. The molecule has 0 aliphatic heterocycles. The second-order valence-corrected chi connectivity index (χ2v) is 14.9. The van der Waals surface area contributed by atoms with Crippen molar-refractivity contribution < 1.29 is 129 Å². The zero-order chi connectivity index (χ0) is 54.5. The van der Waals surface area contributed by atoms with E-state index < -0.39 is 6.16 Å². The molecule has 0 saturated heterocycles. The van der Waals surface area contributed by atoms with Crippen LogP contribution in [0.1, 0.15) is 0 Å². The highest BCUT2D eigenvalue weighted by Gasteiger charge is 2.04. The molecule has 0 radical (unpaired) electrons. The van der Waals surface area contributed by atoms with Gasteiger partial charge in [-0.2, -0.15) is 0 Å². The van der Waals surface area contributed by atoms with Gasteiger partial charge >= 0.3 is 6.16 Å². The molecule has 0 aromatic carbocycles. The van der Waals surface area contributed by atoms with Crippen molar-refractivity contribution >= 4 is 6.16 Å². The Bertz CT molecular complexity index is 972. The lowest BCUT2D eigenvalue weighted by Crippen LogP contribution is -2.17. The molecule has 456 valence electrons. The molecular weight excluding hydrogens is 1020 g/mol. The molecule has 27 heteroatoms. The number of aliphatic hydroxyl groups excluding tert-OH is 2. The number of hydrogen-bond acceptors (Lipinski definition) is 27. The number of ether oxygens (including phenoxy) is 24. The van der Waals surface area contributed by atoms with Crippen molar-refractivity contribution in [2.24, 2.45) is 0 Å². The fourth-order valence-corrected chi connectivity index (χ4v) is 5.14. The zero-order valence-corrected chi connectivity index (χ0v) is 45.5. The lowest BCUT2D eigenvalue weighted by atomic mass is 10.6. The first-order valence-corrected chi connectivity index (χ1v) is 26.5. The molecule has 0 saturated carbocycles. The predicted molar refractivity (Wildman–Crippen MR) is 269 cm³/mol. The Morgan fingerprint density at radius 3 is 0.355 bits per heavy atom. The normalized spacial score (nSPS) is 11.6. The van der Waals surface area contributed by atoms with Crippen LogP contribution in [0.15, 0.2) is 0 Å². The smallest absolute Gasteiger partial charge is 0.432 e. The Kier molecular flexibility index (Phi) is 69.7. The summed E-state index contributed by atoms with van der Waals surface area (Å²) in [6.45, 7) is 19.5. The van der Waals surface area contributed by atoms with Crippen LogP contribution in [0.25, 0.3) is 0 Å². The summed E-state index contributed by atoms with van der Waals surface area (Å²) in [5.74, 6) is 0. The van der Waals surface area contributed by atoms with Crippen LogP contribution in [0.3, 0.4) is 0 Å². The molecule has 76 heavy (non-hydrogen) atoms. The highest BCUT2D eigenvalue weighted by molar-refractivity contribution is 5.59. The number of carbonyl (C=O) groups is 1. The third-order valence-electron chi connectivity index (χ3n) is 8.81. The van der Waals surface area contributed by atoms with Crippen molar-refractivity contribution in [3.8, 4) is 0 Å². The minimum Gasteiger partial charge on any atom is -0.432 e. The summed E-state index contributed by atoms with van der Waals surface area (Å²) < 4.78 is 129. The van der Waals surface area contributed by atoms with E-state index >= 15 is 0 Å². The third-order valence-corrected chi connectivity index (χ3v) is 8.81. The average molecular weight is 1120 g/mol. The fourth-order valence-electron chi connectivity index (χ4n) is 5.14. The van der Waals surface area contributed by atoms with E-state index in [0.29, 0.717) is 277 Å². The second kappa shape index (κ2) is 71.3. The van der Waals surface area contributed by atoms with Crippen molar-refractivity contribution in [2.45, 2.75) is 0 Å². The summed E-state index contributed by atoms with van der Waals surface area (Å²) in [5.41, 5.74) is 0. The Balaban J connectivity index is 3.14. The summed E-state index contributed by atoms with van der Waals surface area (Å²) >= 11 is 0. The van der Waals surface area contributed by atoms with Crippen molar-refractivity contribution in [2.75, 3.05) is 317 Å². The number of carbonyl (C=O) groups excluding carboxylic acids is 1. The largest absolute Gasteiger partial charge is 0.508 e. The van der Waals surface area contributed by atoms with Gasteiger partial charge in [-0.25, -0.2) is 4.79 Å². The van der Waals surface area contributed by atoms with E-state index in [1.54, 1.807) is 0 Å². The van der Waals surface area contributed by atoms with Gasteiger partial charge in [0.15, 0.2) is 0 Å². The molecule has 0 aromatic heterocycles. The Morgan fingerprint density at radius 1 is 0.158 bits per heavy atom. The minimum absolute atomic E-state index is 0.0134. The van der Waals surface area contributed by atoms with E-state index in [1.165, 1.54) is 0 Å². The van der Waals surface area contributed by atoms with Gasteiger partial charge in [0.2, 0.25) is 0 Å². The maximum atomic E-state index is 11.7. The van der Waals surface area contributed by atoms with Crippen LogP contribution >= 0.6 is 0 Å². The summed E-state index contributed by atoms with van der Waals surface area (Å²) in [6, 6.07) is 0. The molecule has 0 rings (SSSR count). The topological polar surface area (TPSA) is 279 Å². The minimum atomic E-state index is -0.792. The van der Waals surface area contributed by atoms with E-state index in [0.717, 1.165) is 0 Å². The molecule has 2 N–H and O–H groups in total. The van der Waals surface area contributed by atoms with Gasteiger partial charge in [0.1, 0.15) is 13.2 Å². The van der Waals surface area contributed by atoms with Gasteiger partial charge in [-0.05, 0) is 0 Å². The molecular formula is C49H98O27. The maximum absolute atomic E-state index is 11.7. The van der Waals surface area contributed by atoms with Crippen molar-refractivity contribution in [3.63, 3.8) is 0 Å². The molecule has 0 aromatic rings. The lowest BCUT2D eigenvalue weighted by Gasteiger charge is -2.09.